The maximum atomic E-state index is 11.7. The molecule has 1 amide bonds. The van der Waals surface area contributed by atoms with Crippen molar-refractivity contribution in [1.82, 2.24) is 4.98 Å². The van der Waals surface area contributed by atoms with E-state index in [1.165, 1.54) is 0 Å². The topological polar surface area (TPSA) is 68.0 Å². The van der Waals surface area contributed by atoms with E-state index in [-0.39, 0.29) is 11.8 Å². The summed E-state index contributed by atoms with van der Waals surface area (Å²) in [5.74, 6) is -0.235. The molecule has 1 atom stereocenters. The average molecular weight is 275 g/mol. The Kier molecular flexibility index (Phi) is 4.29. The van der Waals surface area contributed by atoms with E-state index < -0.39 is 0 Å². The zero-order valence-corrected chi connectivity index (χ0v) is 11.8. The molecular formula is C14H17N3OS. The van der Waals surface area contributed by atoms with Gasteiger partial charge < -0.3 is 11.1 Å². The standard InChI is InChI=1S/C14H17N3OS/c1-9(7-15)13(18)17-12-5-3-11(4-6-12)14-16-10(2)8-19-14/h3-6,8-9H,7,15H2,1-2H3,(H,17,18). The van der Waals surface area contributed by atoms with E-state index in [0.717, 1.165) is 22.0 Å². The average Bonchev–Trinajstić information content (AvgIpc) is 2.85. The van der Waals surface area contributed by atoms with Crippen LogP contribution < -0.4 is 11.1 Å². The number of amides is 1. The molecule has 0 radical (unpaired) electrons. The summed E-state index contributed by atoms with van der Waals surface area (Å²) < 4.78 is 0. The highest BCUT2D eigenvalue weighted by Gasteiger charge is 2.10. The molecule has 1 aromatic heterocycles. The van der Waals surface area contributed by atoms with Gasteiger partial charge in [0, 0.05) is 34.8 Å². The van der Waals surface area contributed by atoms with Crippen LogP contribution in [-0.2, 0) is 4.79 Å². The number of carbonyl (C=O) groups excluding carboxylic acids is 1. The van der Waals surface area contributed by atoms with E-state index in [4.69, 9.17) is 5.73 Å². The van der Waals surface area contributed by atoms with Crippen LogP contribution in [0.1, 0.15) is 12.6 Å². The second-order valence-corrected chi connectivity index (χ2v) is 5.36. The molecule has 0 saturated heterocycles. The van der Waals surface area contributed by atoms with E-state index >= 15 is 0 Å². The van der Waals surface area contributed by atoms with Gasteiger partial charge in [0.15, 0.2) is 0 Å². The van der Waals surface area contributed by atoms with Gasteiger partial charge in [-0.15, -0.1) is 11.3 Å². The number of nitrogens with zero attached hydrogens (tertiary/aromatic N) is 1. The molecule has 0 aliphatic heterocycles. The maximum Gasteiger partial charge on any atom is 0.228 e. The fourth-order valence-electron chi connectivity index (χ4n) is 1.56. The van der Waals surface area contributed by atoms with Gasteiger partial charge in [-0.2, -0.15) is 0 Å². The summed E-state index contributed by atoms with van der Waals surface area (Å²) in [5.41, 5.74) is 8.32. The van der Waals surface area contributed by atoms with Crippen molar-refractivity contribution >= 4 is 22.9 Å². The monoisotopic (exact) mass is 275 g/mol. The third-order valence-electron chi connectivity index (χ3n) is 2.82. The number of aromatic nitrogens is 1. The lowest BCUT2D eigenvalue weighted by Gasteiger charge is -2.10. The largest absolute Gasteiger partial charge is 0.330 e. The third-order valence-corrected chi connectivity index (χ3v) is 3.83. The zero-order valence-electron chi connectivity index (χ0n) is 11.0. The first-order valence-electron chi connectivity index (χ1n) is 6.13. The fraction of sp³-hybridized carbons (Fsp3) is 0.286. The molecule has 0 bridgehead atoms. The van der Waals surface area contributed by atoms with Crippen LogP contribution in [0.3, 0.4) is 0 Å². The molecule has 5 heteroatoms. The first kappa shape index (κ1) is 13.7. The molecule has 2 rings (SSSR count). The zero-order chi connectivity index (χ0) is 13.8. The molecule has 1 unspecified atom stereocenters. The predicted molar refractivity (Wildman–Crippen MR) is 79.1 cm³/mol. The minimum absolute atomic E-state index is 0.0552. The molecule has 0 fully saturated rings. The van der Waals surface area contributed by atoms with Crippen LogP contribution >= 0.6 is 11.3 Å². The van der Waals surface area contributed by atoms with E-state index in [2.05, 4.69) is 10.3 Å². The van der Waals surface area contributed by atoms with E-state index in [9.17, 15) is 4.79 Å². The lowest BCUT2D eigenvalue weighted by molar-refractivity contribution is -0.119. The summed E-state index contributed by atoms with van der Waals surface area (Å²) in [6.07, 6.45) is 0. The Morgan fingerprint density at radius 3 is 2.63 bits per heavy atom. The number of thiazole rings is 1. The van der Waals surface area contributed by atoms with Crippen LogP contribution in [0, 0.1) is 12.8 Å². The fourth-order valence-corrected chi connectivity index (χ4v) is 2.36. The van der Waals surface area contributed by atoms with Crippen LogP contribution in [-0.4, -0.2) is 17.4 Å². The Hall–Kier alpha value is -1.72. The predicted octanol–water partition coefficient (Wildman–Crippen LogP) is 2.65. The lowest BCUT2D eigenvalue weighted by atomic mass is 10.1. The van der Waals surface area contributed by atoms with Gasteiger partial charge >= 0.3 is 0 Å². The van der Waals surface area contributed by atoms with E-state index in [1.807, 2.05) is 43.5 Å². The van der Waals surface area contributed by atoms with Crippen LogP contribution in [0.5, 0.6) is 0 Å². The molecule has 0 saturated carbocycles. The third kappa shape index (κ3) is 3.39. The Labute approximate surface area is 116 Å². The maximum absolute atomic E-state index is 11.7. The van der Waals surface area contributed by atoms with Gasteiger partial charge in [-0.25, -0.2) is 4.98 Å². The normalized spacial score (nSPS) is 12.2. The molecule has 19 heavy (non-hydrogen) atoms. The molecule has 0 aliphatic carbocycles. The SMILES string of the molecule is Cc1csc(-c2ccc(NC(=O)C(C)CN)cc2)n1. The molecule has 2 aromatic rings. The summed E-state index contributed by atoms with van der Waals surface area (Å²) in [5, 5.41) is 5.85. The van der Waals surface area contributed by atoms with Gasteiger partial charge in [0.1, 0.15) is 5.01 Å². The van der Waals surface area contributed by atoms with Gasteiger partial charge in [0.25, 0.3) is 0 Å². The van der Waals surface area contributed by atoms with Crippen molar-refractivity contribution in [2.45, 2.75) is 13.8 Å². The second kappa shape index (κ2) is 5.95. The van der Waals surface area contributed by atoms with Gasteiger partial charge in [-0.05, 0) is 31.2 Å². The molecule has 100 valence electrons. The van der Waals surface area contributed by atoms with Crippen LogP contribution in [0.15, 0.2) is 29.6 Å². The van der Waals surface area contributed by atoms with Crippen LogP contribution in [0.4, 0.5) is 5.69 Å². The molecule has 1 aromatic carbocycles. The van der Waals surface area contributed by atoms with Crippen molar-refractivity contribution in [2.24, 2.45) is 11.7 Å². The van der Waals surface area contributed by atoms with Crippen molar-refractivity contribution < 1.29 is 4.79 Å². The Bertz CT molecular complexity index is 562. The smallest absolute Gasteiger partial charge is 0.228 e. The Morgan fingerprint density at radius 1 is 1.42 bits per heavy atom. The quantitative estimate of drug-likeness (QED) is 0.901. The molecular weight excluding hydrogens is 258 g/mol. The summed E-state index contributed by atoms with van der Waals surface area (Å²) in [6.45, 7) is 4.13. The van der Waals surface area contributed by atoms with Crippen molar-refractivity contribution in [3.05, 3.63) is 35.3 Å². The number of hydrogen-bond donors (Lipinski definition) is 2. The summed E-state index contributed by atoms with van der Waals surface area (Å²) in [6, 6.07) is 7.68. The number of anilines is 1. The Morgan fingerprint density at radius 2 is 2.11 bits per heavy atom. The number of benzene rings is 1. The minimum Gasteiger partial charge on any atom is -0.330 e. The highest BCUT2D eigenvalue weighted by Crippen LogP contribution is 2.24. The highest BCUT2D eigenvalue weighted by atomic mass is 32.1. The highest BCUT2D eigenvalue weighted by molar-refractivity contribution is 7.13. The number of rotatable bonds is 4. The van der Waals surface area contributed by atoms with Crippen molar-refractivity contribution in [3.8, 4) is 10.6 Å². The number of nitrogens with two attached hydrogens (primary N) is 1. The van der Waals surface area contributed by atoms with Gasteiger partial charge in [-0.3, -0.25) is 4.79 Å². The number of nitrogens with one attached hydrogen (secondary N) is 1. The molecule has 3 N–H and O–H groups in total. The van der Waals surface area contributed by atoms with Gasteiger partial charge in [0.2, 0.25) is 5.91 Å². The summed E-state index contributed by atoms with van der Waals surface area (Å²) in [7, 11) is 0. The molecule has 0 aliphatic rings. The second-order valence-electron chi connectivity index (χ2n) is 4.50. The van der Waals surface area contributed by atoms with Crippen molar-refractivity contribution in [1.29, 1.82) is 0 Å². The molecule has 4 nitrogen and oxygen atoms in total. The molecule has 1 heterocycles. The first-order valence-corrected chi connectivity index (χ1v) is 7.01. The molecule has 0 spiro atoms. The van der Waals surface area contributed by atoms with Gasteiger partial charge in [0.05, 0.1) is 0 Å². The first-order chi connectivity index (χ1) is 9.10. The number of aryl methyl sites for hydroxylation is 1. The summed E-state index contributed by atoms with van der Waals surface area (Å²) >= 11 is 1.62. The van der Waals surface area contributed by atoms with Crippen LogP contribution in [0.25, 0.3) is 10.6 Å². The van der Waals surface area contributed by atoms with Crippen molar-refractivity contribution in [2.75, 3.05) is 11.9 Å². The minimum atomic E-state index is -0.179. The summed E-state index contributed by atoms with van der Waals surface area (Å²) in [4.78, 5) is 16.1. The Balaban J connectivity index is 2.08. The lowest BCUT2D eigenvalue weighted by Crippen LogP contribution is -2.26. The van der Waals surface area contributed by atoms with Crippen LogP contribution in [0.2, 0.25) is 0 Å². The van der Waals surface area contributed by atoms with Crippen molar-refractivity contribution in [3.63, 3.8) is 0 Å². The van der Waals surface area contributed by atoms with E-state index in [1.54, 1.807) is 11.3 Å². The van der Waals surface area contributed by atoms with E-state index in [0.29, 0.717) is 6.54 Å². The number of hydrogen-bond acceptors (Lipinski definition) is 4. The number of carbonyl (C=O) groups is 1. The van der Waals surface area contributed by atoms with Gasteiger partial charge in [-0.1, -0.05) is 6.92 Å².